The molecule has 1 rings (SSSR count). The van der Waals surface area contributed by atoms with Gasteiger partial charge in [0.05, 0.1) is 0 Å². The lowest BCUT2D eigenvalue weighted by atomic mass is 10.3. The van der Waals surface area contributed by atoms with Crippen molar-refractivity contribution in [2.45, 2.75) is 0 Å². The third kappa shape index (κ3) is 6.32. The van der Waals surface area contributed by atoms with E-state index >= 15 is 0 Å². The van der Waals surface area contributed by atoms with Gasteiger partial charge in [0.25, 0.3) is 0 Å². The molecular formula is C7H17N5S. The highest BCUT2D eigenvalue weighted by atomic mass is 32.1. The molecule has 0 aromatic heterocycles. The summed E-state index contributed by atoms with van der Waals surface area (Å²) in [6, 6.07) is 0. The van der Waals surface area contributed by atoms with E-state index in [4.69, 9.17) is 5.73 Å². The highest BCUT2D eigenvalue weighted by Gasteiger charge is 2.05. The molecule has 1 aliphatic rings. The van der Waals surface area contributed by atoms with E-state index < -0.39 is 0 Å². The number of hydrazine groups is 1. The maximum Gasteiger partial charge on any atom is 0.177 e. The van der Waals surface area contributed by atoms with Crippen molar-refractivity contribution in [2.24, 2.45) is 11.6 Å². The van der Waals surface area contributed by atoms with Crippen LogP contribution in [0.1, 0.15) is 0 Å². The Morgan fingerprint density at radius 1 is 1.77 bits per heavy atom. The lowest BCUT2D eigenvalue weighted by Gasteiger charge is -2.26. The monoisotopic (exact) mass is 203 g/mol. The predicted molar refractivity (Wildman–Crippen MR) is 58.7 cm³/mol. The molecule has 5 nitrogen and oxygen atoms in total. The standard InChI is InChI=1S/C6H12N2.CH5N3S/c1-6-5-7-3-4-8(6)2;2-1(5)4-3/h7H,1,3-5H2,2H3;3H2,(H3,2,4,5). The first-order valence-corrected chi connectivity index (χ1v) is 4.34. The second-order valence-corrected chi connectivity index (χ2v) is 3.11. The Morgan fingerprint density at radius 3 is 2.54 bits per heavy atom. The van der Waals surface area contributed by atoms with Gasteiger partial charge < -0.3 is 21.4 Å². The van der Waals surface area contributed by atoms with Crippen molar-refractivity contribution in [3.63, 3.8) is 0 Å². The van der Waals surface area contributed by atoms with Gasteiger partial charge in [0, 0.05) is 32.4 Å². The van der Waals surface area contributed by atoms with E-state index in [0.29, 0.717) is 0 Å². The summed E-state index contributed by atoms with van der Waals surface area (Å²) in [5.41, 5.74) is 8.02. The van der Waals surface area contributed by atoms with Crippen LogP contribution in [0.4, 0.5) is 0 Å². The van der Waals surface area contributed by atoms with E-state index in [9.17, 15) is 0 Å². The molecule has 0 bridgehead atoms. The summed E-state index contributed by atoms with van der Waals surface area (Å²) in [7, 11) is 2.07. The fraction of sp³-hybridized carbons (Fsp3) is 0.571. The molecule has 6 heteroatoms. The quantitative estimate of drug-likeness (QED) is 0.223. The fourth-order valence-corrected chi connectivity index (χ4v) is 0.773. The van der Waals surface area contributed by atoms with Crippen molar-refractivity contribution in [1.82, 2.24) is 15.6 Å². The van der Waals surface area contributed by atoms with Gasteiger partial charge in [0.2, 0.25) is 0 Å². The Hall–Kier alpha value is -0.850. The molecule has 6 N–H and O–H groups in total. The van der Waals surface area contributed by atoms with Crippen LogP contribution >= 0.6 is 12.2 Å². The summed E-state index contributed by atoms with van der Waals surface area (Å²) in [4.78, 5) is 2.18. The molecule has 0 atom stereocenters. The first kappa shape index (κ1) is 12.2. The molecule has 0 radical (unpaired) electrons. The lowest BCUT2D eigenvalue weighted by Crippen LogP contribution is -2.38. The Balaban J connectivity index is 0.000000252. The number of hydrogen-bond acceptors (Lipinski definition) is 4. The van der Waals surface area contributed by atoms with Crippen LogP contribution in [0.3, 0.4) is 0 Å². The number of likely N-dealkylation sites (N-methyl/N-ethyl adjacent to an activating group) is 1. The Labute approximate surface area is 84.1 Å². The second kappa shape index (κ2) is 6.64. The normalized spacial score (nSPS) is 15.8. The van der Waals surface area contributed by atoms with Gasteiger partial charge in [-0.25, -0.2) is 5.84 Å². The Bertz CT molecular complexity index is 182. The lowest BCUT2D eigenvalue weighted by molar-refractivity contribution is 0.360. The number of thiocarbonyl (C=S) groups is 1. The Morgan fingerprint density at radius 2 is 2.31 bits per heavy atom. The summed E-state index contributed by atoms with van der Waals surface area (Å²) in [5.74, 6) is 4.66. The summed E-state index contributed by atoms with van der Waals surface area (Å²) in [5, 5.41) is 3.34. The van der Waals surface area contributed by atoms with Crippen LogP contribution in [0.25, 0.3) is 0 Å². The molecule has 1 fully saturated rings. The largest absolute Gasteiger partial charge is 0.376 e. The van der Waals surface area contributed by atoms with Crippen molar-refractivity contribution < 1.29 is 0 Å². The van der Waals surface area contributed by atoms with E-state index in [2.05, 4.69) is 41.9 Å². The van der Waals surface area contributed by atoms with E-state index in [-0.39, 0.29) is 5.11 Å². The van der Waals surface area contributed by atoms with Gasteiger partial charge in [-0.15, -0.1) is 0 Å². The number of nitrogens with zero attached hydrogens (tertiary/aromatic N) is 1. The highest BCUT2D eigenvalue weighted by Crippen LogP contribution is 1.98. The summed E-state index contributed by atoms with van der Waals surface area (Å²) < 4.78 is 0. The van der Waals surface area contributed by atoms with Crippen molar-refractivity contribution in [3.8, 4) is 0 Å². The van der Waals surface area contributed by atoms with E-state index in [1.54, 1.807) is 0 Å². The van der Waals surface area contributed by atoms with Crippen molar-refractivity contribution in [3.05, 3.63) is 12.3 Å². The van der Waals surface area contributed by atoms with Crippen LogP contribution in [0.15, 0.2) is 12.3 Å². The molecular weight excluding hydrogens is 186 g/mol. The maximum absolute atomic E-state index is 4.79. The SMILES string of the molecule is C=C1CNCCN1C.NNC(N)=S. The van der Waals surface area contributed by atoms with Gasteiger partial charge in [-0.1, -0.05) is 6.58 Å². The molecule has 1 aliphatic heterocycles. The van der Waals surface area contributed by atoms with Crippen molar-refractivity contribution >= 4 is 17.3 Å². The number of nitrogens with two attached hydrogens (primary N) is 2. The van der Waals surface area contributed by atoms with Crippen molar-refractivity contribution in [2.75, 3.05) is 26.7 Å². The van der Waals surface area contributed by atoms with E-state index in [0.717, 1.165) is 19.6 Å². The number of hydrogen-bond donors (Lipinski definition) is 4. The molecule has 76 valence electrons. The van der Waals surface area contributed by atoms with Gasteiger partial charge in [-0.05, 0) is 12.2 Å². The maximum atomic E-state index is 4.79. The fourth-order valence-electron chi connectivity index (χ4n) is 0.773. The molecule has 0 aliphatic carbocycles. The minimum atomic E-state index is 0.116. The smallest absolute Gasteiger partial charge is 0.177 e. The van der Waals surface area contributed by atoms with Crippen LogP contribution in [0.5, 0.6) is 0 Å². The van der Waals surface area contributed by atoms with Crippen molar-refractivity contribution in [1.29, 1.82) is 0 Å². The van der Waals surface area contributed by atoms with Gasteiger partial charge in [-0.3, -0.25) is 0 Å². The van der Waals surface area contributed by atoms with Crippen LogP contribution < -0.4 is 22.3 Å². The number of nitrogens with one attached hydrogen (secondary N) is 2. The number of rotatable bonds is 0. The molecule has 0 unspecified atom stereocenters. The first-order valence-electron chi connectivity index (χ1n) is 3.93. The first-order chi connectivity index (χ1) is 6.07. The van der Waals surface area contributed by atoms with Crippen LogP contribution in [0, 0.1) is 0 Å². The Kier molecular flexibility index (Phi) is 6.21. The average Bonchev–Trinajstić information content (AvgIpc) is 2.11. The zero-order valence-electron chi connectivity index (χ0n) is 7.84. The molecule has 1 saturated heterocycles. The zero-order valence-corrected chi connectivity index (χ0v) is 8.66. The average molecular weight is 203 g/mol. The molecule has 0 amide bonds. The van der Waals surface area contributed by atoms with Gasteiger partial charge in [-0.2, -0.15) is 0 Å². The molecule has 0 aromatic rings. The molecule has 0 saturated carbocycles. The van der Waals surface area contributed by atoms with Crippen LogP contribution in [-0.4, -0.2) is 36.7 Å². The van der Waals surface area contributed by atoms with Gasteiger partial charge in [0.15, 0.2) is 5.11 Å². The zero-order chi connectivity index (χ0) is 10.3. The second-order valence-electron chi connectivity index (χ2n) is 2.67. The van der Waals surface area contributed by atoms with Gasteiger partial charge >= 0.3 is 0 Å². The van der Waals surface area contributed by atoms with Crippen LogP contribution in [0.2, 0.25) is 0 Å². The minimum absolute atomic E-state index is 0.116. The molecule has 0 aromatic carbocycles. The highest BCUT2D eigenvalue weighted by molar-refractivity contribution is 7.80. The summed E-state index contributed by atoms with van der Waals surface area (Å²) in [6.45, 7) is 7.00. The predicted octanol–water partition coefficient (Wildman–Crippen LogP) is -1.27. The summed E-state index contributed by atoms with van der Waals surface area (Å²) in [6.07, 6.45) is 0. The van der Waals surface area contributed by atoms with Crippen LogP contribution in [-0.2, 0) is 0 Å². The van der Waals surface area contributed by atoms with E-state index in [1.165, 1.54) is 5.70 Å². The van der Waals surface area contributed by atoms with Gasteiger partial charge in [0.1, 0.15) is 0 Å². The molecule has 13 heavy (non-hydrogen) atoms. The summed E-state index contributed by atoms with van der Waals surface area (Å²) >= 11 is 4.24. The minimum Gasteiger partial charge on any atom is -0.376 e. The topological polar surface area (TPSA) is 79.3 Å². The molecule has 1 heterocycles. The third-order valence-electron chi connectivity index (χ3n) is 1.64. The molecule has 0 spiro atoms. The number of piperazine rings is 1. The third-order valence-corrected chi connectivity index (χ3v) is 1.75. The van der Waals surface area contributed by atoms with E-state index in [1.807, 2.05) is 5.43 Å².